The predicted octanol–water partition coefficient (Wildman–Crippen LogP) is 2.25. The molecule has 2 N–H and O–H groups in total. The van der Waals surface area contributed by atoms with Gasteiger partial charge in [-0.05, 0) is 18.6 Å². The van der Waals surface area contributed by atoms with Crippen LogP contribution in [0.4, 0.5) is 0 Å². The normalized spacial score (nSPS) is 12.8. The average molecular weight is 333 g/mol. The minimum atomic E-state index is -0.539. The SMILES string of the molecule is COC(=O)C1=C(Cl)C=CC1.COC(=O)c1c(Cl)ccn1N. The fourth-order valence-electron chi connectivity index (χ4n) is 1.50. The summed E-state index contributed by atoms with van der Waals surface area (Å²) in [6.07, 6.45) is 5.60. The Bertz CT molecular complexity index is 586. The van der Waals surface area contributed by atoms with Crippen LogP contribution in [0, 0.1) is 0 Å². The van der Waals surface area contributed by atoms with Crippen LogP contribution in [0.3, 0.4) is 0 Å². The van der Waals surface area contributed by atoms with Crippen LogP contribution in [0.2, 0.25) is 5.02 Å². The van der Waals surface area contributed by atoms with E-state index >= 15 is 0 Å². The Morgan fingerprint density at radius 3 is 2.24 bits per heavy atom. The van der Waals surface area contributed by atoms with Gasteiger partial charge in [0.1, 0.15) is 0 Å². The second kappa shape index (κ2) is 7.75. The molecule has 1 aliphatic carbocycles. The van der Waals surface area contributed by atoms with Gasteiger partial charge in [0.2, 0.25) is 0 Å². The highest BCUT2D eigenvalue weighted by Crippen LogP contribution is 2.22. The Kier molecular flexibility index (Phi) is 6.33. The van der Waals surface area contributed by atoms with Gasteiger partial charge in [0.25, 0.3) is 0 Å². The van der Waals surface area contributed by atoms with Crippen LogP contribution in [0.1, 0.15) is 16.9 Å². The van der Waals surface area contributed by atoms with Crippen molar-refractivity contribution in [3.63, 3.8) is 0 Å². The number of esters is 2. The Hall–Kier alpha value is -1.92. The number of methoxy groups -OCH3 is 2. The van der Waals surface area contributed by atoms with E-state index in [0.29, 0.717) is 22.0 Å². The highest BCUT2D eigenvalue weighted by atomic mass is 35.5. The van der Waals surface area contributed by atoms with Crippen molar-refractivity contribution in [2.75, 3.05) is 20.1 Å². The summed E-state index contributed by atoms with van der Waals surface area (Å²) in [4.78, 5) is 21.7. The molecule has 0 bridgehead atoms. The smallest absolute Gasteiger partial charge is 0.358 e. The van der Waals surface area contributed by atoms with Gasteiger partial charge < -0.3 is 15.3 Å². The number of allylic oxidation sites excluding steroid dienone is 3. The zero-order chi connectivity index (χ0) is 16.0. The molecule has 21 heavy (non-hydrogen) atoms. The summed E-state index contributed by atoms with van der Waals surface area (Å²) >= 11 is 11.3. The minimum Gasteiger partial charge on any atom is -0.466 e. The van der Waals surface area contributed by atoms with E-state index in [4.69, 9.17) is 29.0 Å². The molecule has 1 aromatic heterocycles. The van der Waals surface area contributed by atoms with E-state index in [1.165, 1.54) is 26.5 Å². The number of nitrogens with zero attached hydrogens (tertiary/aromatic N) is 1. The summed E-state index contributed by atoms with van der Waals surface area (Å²) in [6, 6.07) is 1.52. The first-order chi connectivity index (χ1) is 9.92. The van der Waals surface area contributed by atoms with E-state index in [0.717, 1.165) is 4.68 Å². The summed E-state index contributed by atoms with van der Waals surface area (Å²) in [5.74, 6) is 4.47. The third kappa shape index (κ3) is 4.27. The lowest BCUT2D eigenvalue weighted by Gasteiger charge is -2.00. The zero-order valence-electron chi connectivity index (χ0n) is 11.4. The summed E-state index contributed by atoms with van der Waals surface area (Å²) in [5.41, 5.74) is 0.707. The van der Waals surface area contributed by atoms with Gasteiger partial charge in [-0.1, -0.05) is 29.3 Å². The first-order valence-corrected chi connectivity index (χ1v) is 6.51. The van der Waals surface area contributed by atoms with Crippen LogP contribution in [-0.2, 0) is 14.3 Å². The lowest BCUT2D eigenvalue weighted by Crippen LogP contribution is -2.16. The fraction of sp³-hybridized carbons (Fsp3) is 0.231. The Balaban J connectivity index is 0.000000211. The van der Waals surface area contributed by atoms with Gasteiger partial charge in [0.05, 0.1) is 29.8 Å². The van der Waals surface area contributed by atoms with Crippen molar-refractivity contribution >= 4 is 35.1 Å². The molecule has 2 rings (SSSR count). The molecule has 1 heterocycles. The molecule has 0 aromatic carbocycles. The molecule has 0 fully saturated rings. The van der Waals surface area contributed by atoms with Gasteiger partial charge in [0.15, 0.2) is 5.69 Å². The van der Waals surface area contributed by atoms with E-state index in [-0.39, 0.29) is 11.7 Å². The van der Waals surface area contributed by atoms with Crippen LogP contribution >= 0.6 is 23.2 Å². The number of halogens is 2. The Morgan fingerprint density at radius 1 is 1.24 bits per heavy atom. The predicted molar refractivity (Wildman–Crippen MR) is 79.6 cm³/mol. The molecular weight excluding hydrogens is 319 g/mol. The minimum absolute atomic E-state index is 0.161. The second-order valence-corrected chi connectivity index (χ2v) is 4.65. The Morgan fingerprint density at radius 2 is 1.86 bits per heavy atom. The van der Waals surface area contributed by atoms with Gasteiger partial charge in [-0.25, -0.2) is 9.59 Å². The maximum Gasteiger partial charge on any atom is 0.358 e. The molecule has 6 nitrogen and oxygen atoms in total. The van der Waals surface area contributed by atoms with Crippen LogP contribution in [0.5, 0.6) is 0 Å². The highest BCUT2D eigenvalue weighted by Gasteiger charge is 2.15. The molecule has 0 atom stereocenters. The van der Waals surface area contributed by atoms with E-state index < -0.39 is 5.97 Å². The summed E-state index contributed by atoms with van der Waals surface area (Å²) in [6.45, 7) is 0. The third-order valence-electron chi connectivity index (χ3n) is 2.55. The largest absolute Gasteiger partial charge is 0.466 e. The van der Waals surface area contributed by atoms with Gasteiger partial charge in [-0.3, -0.25) is 4.68 Å². The number of nitrogen functional groups attached to an aromatic ring is 1. The van der Waals surface area contributed by atoms with Gasteiger partial charge in [0, 0.05) is 6.20 Å². The molecule has 0 aliphatic heterocycles. The molecule has 8 heteroatoms. The van der Waals surface area contributed by atoms with Crippen molar-refractivity contribution in [1.82, 2.24) is 4.68 Å². The molecule has 0 unspecified atom stereocenters. The number of aromatic nitrogens is 1. The molecule has 114 valence electrons. The first-order valence-electron chi connectivity index (χ1n) is 5.76. The molecule has 0 saturated heterocycles. The summed E-state index contributed by atoms with van der Waals surface area (Å²) < 4.78 is 10.0. The number of rotatable bonds is 2. The zero-order valence-corrected chi connectivity index (χ0v) is 12.9. The number of hydrogen-bond donors (Lipinski definition) is 1. The van der Waals surface area contributed by atoms with E-state index in [1.807, 2.05) is 6.08 Å². The molecule has 1 aliphatic rings. The molecule has 0 spiro atoms. The van der Waals surface area contributed by atoms with Gasteiger partial charge in [-0.15, -0.1) is 0 Å². The average Bonchev–Trinajstić information content (AvgIpc) is 3.04. The Labute approximate surface area is 131 Å². The molecule has 0 amide bonds. The summed E-state index contributed by atoms with van der Waals surface area (Å²) in [7, 11) is 2.61. The molecular formula is C13H14Cl2N2O4. The number of carbonyl (C=O) groups is 2. The second-order valence-electron chi connectivity index (χ2n) is 3.84. The van der Waals surface area contributed by atoms with E-state index in [2.05, 4.69) is 9.47 Å². The van der Waals surface area contributed by atoms with Crippen molar-refractivity contribution in [2.24, 2.45) is 0 Å². The maximum atomic E-state index is 10.9. The van der Waals surface area contributed by atoms with Gasteiger partial charge >= 0.3 is 11.9 Å². The van der Waals surface area contributed by atoms with Crippen LogP contribution < -0.4 is 5.84 Å². The monoisotopic (exact) mass is 332 g/mol. The number of carbonyl (C=O) groups excluding carboxylic acids is 2. The van der Waals surface area contributed by atoms with Crippen molar-refractivity contribution in [1.29, 1.82) is 0 Å². The topological polar surface area (TPSA) is 83.5 Å². The highest BCUT2D eigenvalue weighted by molar-refractivity contribution is 6.34. The van der Waals surface area contributed by atoms with Crippen molar-refractivity contribution in [2.45, 2.75) is 6.42 Å². The number of nitrogens with two attached hydrogens (primary N) is 1. The van der Waals surface area contributed by atoms with Crippen LogP contribution in [0.15, 0.2) is 35.0 Å². The summed E-state index contributed by atoms with van der Waals surface area (Å²) in [5, 5.41) is 0.784. The third-order valence-corrected chi connectivity index (χ3v) is 3.21. The molecule has 1 aromatic rings. The molecule has 0 saturated carbocycles. The van der Waals surface area contributed by atoms with Crippen molar-refractivity contribution < 1.29 is 19.1 Å². The quantitative estimate of drug-likeness (QED) is 0.663. The van der Waals surface area contributed by atoms with Gasteiger partial charge in [-0.2, -0.15) is 0 Å². The first kappa shape index (κ1) is 17.1. The van der Waals surface area contributed by atoms with Crippen LogP contribution in [0.25, 0.3) is 0 Å². The van der Waals surface area contributed by atoms with Crippen LogP contribution in [-0.4, -0.2) is 30.8 Å². The number of hydrogen-bond acceptors (Lipinski definition) is 5. The maximum absolute atomic E-state index is 10.9. The fourth-order valence-corrected chi connectivity index (χ4v) is 1.98. The lowest BCUT2D eigenvalue weighted by atomic mass is 10.2. The standard InChI is InChI=1S/C7H7ClO2.C6H7ClN2O2/c1-10-7(9)5-3-2-4-6(5)8;1-11-6(10)5-4(7)2-3-9(5)8/h2,4H,3H2,1H3;2-3H,8H2,1H3. The lowest BCUT2D eigenvalue weighted by molar-refractivity contribution is -0.136. The van der Waals surface area contributed by atoms with Crippen molar-refractivity contribution in [3.05, 3.63) is 45.7 Å². The van der Waals surface area contributed by atoms with E-state index in [9.17, 15) is 9.59 Å². The number of ether oxygens (including phenoxy) is 2. The van der Waals surface area contributed by atoms with E-state index in [1.54, 1.807) is 6.08 Å². The molecule has 0 radical (unpaired) electrons. The van der Waals surface area contributed by atoms with Crippen molar-refractivity contribution in [3.8, 4) is 0 Å².